The van der Waals surface area contributed by atoms with E-state index < -0.39 is 6.43 Å². The lowest BCUT2D eigenvalue weighted by atomic mass is 10.1. The molecule has 1 aliphatic rings. The Labute approximate surface area is 189 Å². The number of nitrogens with one attached hydrogen (secondary N) is 1. The summed E-state index contributed by atoms with van der Waals surface area (Å²) in [5, 5.41) is 3.50. The summed E-state index contributed by atoms with van der Waals surface area (Å²) in [6, 6.07) is 11.1. The van der Waals surface area contributed by atoms with Crippen LogP contribution in [0.15, 0.2) is 48.7 Å². The number of fused-ring (bicyclic) bond motifs is 1. The van der Waals surface area contributed by atoms with E-state index in [2.05, 4.69) is 15.3 Å². The van der Waals surface area contributed by atoms with E-state index in [0.29, 0.717) is 11.3 Å². The zero-order chi connectivity index (χ0) is 23.2. The number of aromatic nitrogens is 2. The van der Waals surface area contributed by atoms with Crippen molar-refractivity contribution in [3.8, 4) is 11.6 Å². The van der Waals surface area contributed by atoms with Crippen LogP contribution in [-0.2, 0) is 4.79 Å². The maximum Gasteiger partial charge on any atom is 0.269 e. The first-order valence-electron chi connectivity index (χ1n) is 10.9. The number of likely N-dealkylation sites (tertiary alicyclic amines) is 1. The van der Waals surface area contributed by atoms with Crippen LogP contribution in [0.5, 0.6) is 11.6 Å². The van der Waals surface area contributed by atoms with Crippen molar-refractivity contribution in [2.24, 2.45) is 0 Å². The van der Waals surface area contributed by atoms with E-state index in [1.165, 1.54) is 12.1 Å². The molecule has 3 heterocycles. The van der Waals surface area contributed by atoms with Gasteiger partial charge in [0.05, 0.1) is 5.52 Å². The van der Waals surface area contributed by atoms with E-state index in [4.69, 9.17) is 4.74 Å². The van der Waals surface area contributed by atoms with E-state index >= 15 is 0 Å². The molecule has 0 saturated carbocycles. The minimum absolute atomic E-state index is 0.0623. The lowest BCUT2D eigenvalue weighted by Crippen LogP contribution is -2.37. The van der Waals surface area contributed by atoms with Crippen molar-refractivity contribution in [1.82, 2.24) is 20.2 Å². The molecule has 33 heavy (non-hydrogen) atoms. The highest BCUT2D eigenvalue weighted by molar-refractivity contribution is 5.95. The number of pyridine rings is 2. The van der Waals surface area contributed by atoms with Gasteiger partial charge in [0.1, 0.15) is 11.4 Å². The highest BCUT2D eigenvalue weighted by atomic mass is 19.3. The first-order valence-corrected chi connectivity index (χ1v) is 10.9. The quantitative estimate of drug-likeness (QED) is 0.569. The Morgan fingerprint density at radius 1 is 1.06 bits per heavy atom. The van der Waals surface area contributed by atoms with E-state index in [9.17, 15) is 18.4 Å². The fraction of sp³-hybridized carbons (Fsp3) is 0.333. The van der Waals surface area contributed by atoms with Gasteiger partial charge >= 0.3 is 0 Å². The molecular weight excluding hydrogens is 430 g/mol. The van der Waals surface area contributed by atoms with Crippen molar-refractivity contribution in [1.29, 1.82) is 0 Å². The average Bonchev–Trinajstić information content (AvgIpc) is 2.84. The van der Waals surface area contributed by atoms with Crippen molar-refractivity contribution in [3.05, 3.63) is 59.9 Å². The monoisotopic (exact) mass is 454 g/mol. The molecule has 0 aliphatic carbocycles. The molecule has 2 aromatic heterocycles. The van der Waals surface area contributed by atoms with Crippen molar-refractivity contribution < 1.29 is 23.1 Å². The lowest BCUT2D eigenvalue weighted by molar-refractivity contribution is -0.131. The molecule has 1 saturated heterocycles. The number of alkyl halides is 2. The lowest BCUT2D eigenvalue weighted by Gasteiger charge is -2.26. The van der Waals surface area contributed by atoms with Gasteiger partial charge in [-0.3, -0.25) is 9.59 Å². The van der Waals surface area contributed by atoms with Gasteiger partial charge < -0.3 is 15.0 Å². The van der Waals surface area contributed by atoms with Crippen molar-refractivity contribution in [3.63, 3.8) is 0 Å². The summed E-state index contributed by atoms with van der Waals surface area (Å²) < 4.78 is 30.9. The summed E-state index contributed by atoms with van der Waals surface area (Å²) in [4.78, 5) is 34.8. The van der Waals surface area contributed by atoms with Gasteiger partial charge in [-0.15, -0.1) is 0 Å². The zero-order valence-electron chi connectivity index (χ0n) is 18.0. The van der Waals surface area contributed by atoms with E-state index in [1.54, 1.807) is 30.3 Å². The number of rotatable bonds is 7. The van der Waals surface area contributed by atoms with Crippen molar-refractivity contribution >= 4 is 22.7 Å². The number of carbonyl (C=O) groups is 2. The Morgan fingerprint density at radius 2 is 1.88 bits per heavy atom. The fourth-order valence-electron chi connectivity index (χ4n) is 3.67. The number of hydrogen-bond donors (Lipinski definition) is 1. The molecule has 0 radical (unpaired) electrons. The van der Waals surface area contributed by atoms with Crippen LogP contribution in [0.3, 0.4) is 0 Å². The van der Waals surface area contributed by atoms with Crippen molar-refractivity contribution in [2.75, 3.05) is 19.6 Å². The molecule has 1 fully saturated rings. The average molecular weight is 454 g/mol. The molecule has 0 bridgehead atoms. The summed E-state index contributed by atoms with van der Waals surface area (Å²) in [5.74, 6) is 0.385. The Morgan fingerprint density at radius 3 is 2.61 bits per heavy atom. The molecular formula is C24H24F2N4O3. The van der Waals surface area contributed by atoms with Crippen LogP contribution in [0.2, 0.25) is 0 Å². The third kappa shape index (κ3) is 5.79. The third-order valence-electron chi connectivity index (χ3n) is 5.46. The Hall–Kier alpha value is -3.62. The molecule has 2 amide bonds. The number of piperidine rings is 1. The highest BCUT2D eigenvalue weighted by Crippen LogP contribution is 2.25. The van der Waals surface area contributed by atoms with E-state index in [-0.39, 0.29) is 41.9 Å². The van der Waals surface area contributed by atoms with Gasteiger partial charge in [0, 0.05) is 49.3 Å². The second-order valence-electron chi connectivity index (χ2n) is 7.83. The number of benzene rings is 1. The van der Waals surface area contributed by atoms with Gasteiger partial charge in [0.25, 0.3) is 12.3 Å². The van der Waals surface area contributed by atoms with Gasteiger partial charge in [-0.05, 0) is 49.6 Å². The van der Waals surface area contributed by atoms with Crippen LogP contribution in [0, 0.1) is 0 Å². The number of halogens is 2. The minimum atomic E-state index is -2.58. The Balaban J connectivity index is 1.34. The second-order valence-corrected chi connectivity index (χ2v) is 7.83. The van der Waals surface area contributed by atoms with Crippen LogP contribution in [-0.4, -0.2) is 46.3 Å². The molecule has 4 rings (SSSR count). The topological polar surface area (TPSA) is 84.4 Å². The van der Waals surface area contributed by atoms with Crippen LogP contribution < -0.4 is 10.1 Å². The maximum atomic E-state index is 12.6. The largest absolute Gasteiger partial charge is 0.439 e. The fourth-order valence-corrected chi connectivity index (χ4v) is 3.67. The molecule has 9 heteroatoms. The normalized spacial score (nSPS) is 13.8. The van der Waals surface area contributed by atoms with E-state index in [0.717, 1.165) is 43.9 Å². The van der Waals surface area contributed by atoms with Gasteiger partial charge in [-0.2, -0.15) is 0 Å². The van der Waals surface area contributed by atoms with Gasteiger partial charge in [0.2, 0.25) is 11.8 Å². The van der Waals surface area contributed by atoms with Crippen molar-refractivity contribution in [2.45, 2.75) is 32.1 Å². The highest BCUT2D eigenvalue weighted by Gasteiger charge is 2.17. The third-order valence-corrected chi connectivity index (χ3v) is 5.46. The second kappa shape index (κ2) is 10.3. The maximum absolute atomic E-state index is 12.6. The molecule has 1 aliphatic heterocycles. The molecule has 0 unspecified atom stereocenters. The summed E-state index contributed by atoms with van der Waals surface area (Å²) in [6.45, 7) is 1.85. The molecule has 0 spiro atoms. The van der Waals surface area contributed by atoms with Gasteiger partial charge in [-0.25, -0.2) is 18.7 Å². The minimum Gasteiger partial charge on any atom is -0.439 e. The molecule has 3 aromatic rings. The van der Waals surface area contributed by atoms with Crippen LogP contribution in [0.1, 0.15) is 48.2 Å². The SMILES string of the molecule is O=C(NCCC(=O)N1CCCCC1)c1ccc2cc(Oc3ccc(C(F)F)cn3)ccc2n1. The van der Waals surface area contributed by atoms with Gasteiger partial charge in [0.15, 0.2) is 0 Å². The number of carbonyl (C=O) groups excluding carboxylic acids is 2. The summed E-state index contributed by atoms with van der Waals surface area (Å²) >= 11 is 0. The first-order chi connectivity index (χ1) is 16.0. The number of ether oxygens (including phenoxy) is 1. The number of nitrogens with zero attached hydrogens (tertiary/aromatic N) is 3. The molecule has 7 nitrogen and oxygen atoms in total. The Bertz CT molecular complexity index is 1130. The summed E-state index contributed by atoms with van der Waals surface area (Å²) in [7, 11) is 0. The van der Waals surface area contributed by atoms with Gasteiger partial charge in [-0.1, -0.05) is 6.07 Å². The number of hydrogen-bond acceptors (Lipinski definition) is 5. The van der Waals surface area contributed by atoms with Crippen LogP contribution >= 0.6 is 0 Å². The molecule has 0 atom stereocenters. The summed E-state index contributed by atoms with van der Waals surface area (Å²) in [5.41, 5.74) is 0.679. The standard InChI is InChI=1S/C24H24F2N4O3/c25-23(26)17-5-9-21(28-15-17)33-18-6-8-19-16(14-18)4-7-20(29-19)24(32)27-11-10-22(31)30-12-2-1-3-13-30/h4-9,14-15,23H,1-3,10-13H2,(H,27,32). The van der Waals surface area contributed by atoms with E-state index in [1.807, 2.05) is 4.90 Å². The molecule has 1 N–H and O–H groups in total. The van der Waals surface area contributed by atoms with Crippen LogP contribution in [0.25, 0.3) is 10.9 Å². The molecule has 172 valence electrons. The number of amides is 2. The van der Waals surface area contributed by atoms with Crippen LogP contribution in [0.4, 0.5) is 8.78 Å². The first kappa shape index (κ1) is 22.6. The zero-order valence-corrected chi connectivity index (χ0v) is 18.0. The smallest absolute Gasteiger partial charge is 0.269 e. The predicted octanol–water partition coefficient (Wildman–Crippen LogP) is 4.49. The Kier molecular flexibility index (Phi) is 7.07. The molecule has 1 aromatic carbocycles. The predicted molar refractivity (Wildman–Crippen MR) is 118 cm³/mol. The summed E-state index contributed by atoms with van der Waals surface area (Å²) in [6.07, 6.45) is 1.99.